The summed E-state index contributed by atoms with van der Waals surface area (Å²) >= 11 is 0. The molecule has 5 N–H and O–H groups in total. The molecule has 0 fully saturated rings. The van der Waals surface area contributed by atoms with Gasteiger partial charge < -0.3 is 16.0 Å². The van der Waals surface area contributed by atoms with E-state index in [2.05, 4.69) is 10.1 Å². The number of aliphatic imine (C=N–C) groups is 1. The average Bonchev–Trinajstić information content (AvgIpc) is 2.51. The van der Waals surface area contributed by atoms with Crippen LogP contribution in [-0.4, -0.2) is 23.6 Å². The molecule has 82 valence electrons. The van der Waals surface area contributed by atoms with E-state index in [1.54, 1.807) is 13.0 Å². The summed E-state index contributed by atoms with van der Waals surface area (Å²) in [5, 5.41) is 11.4. The molecule has 0 saturated carbocycles. The minimum absolute atomic E-state index is 0.0641. The van der Waals surface area contributed by atoms with Gasteiger partial charge in [-0.05, 0) is 13.8 Å². The van der Waals surface area contributed by atoms with Crippen molar-refractivity contribution in [2.75, 3.05) is 11.4 Å². The van der Waals surface area contributed by atoms with Gasteiger partial charge in [-0.25, -0.2) is 0 Å². The summed E-state index contributed by atoms with van der Waals surface area (Å²) in [7, 11) is 0. The van der Waals surface area contributed by atoms with Crippen molar-refractivity contribution < 1.29 is 4.52 Å². The number of rotatable bonds is 2. The van der Waals surface area contributed by atoms with E-state index in [9.17, 15) is 0 Å². The van der Waals surface area contributed by atoms with Crippen molar-refractivity contribution in [1.29, 1.82) is 5.41 Å². The maximum atomic E-state index is 7.62. The van der Waals surface area contributed by atoms with E-state index in [-0.39, 0.29) is 11.9 Å². The van der Waals surface area contributed by atoms with Crippen LogP contribution in [0, 0.1) is 12.3 Å². The fourth-order valence-corrected chi connectivity index (χ4v) is 1.08. The minimum atomic E-state index is -0.154. The molecule has 0 atom stereocenters. The molecule has 0 aliphatic rings. The van der Waals surface area contributed by atoms with Crippen molar-refractivity contribution in [3.05, 3.63) is 11.8 Å². The second-order valence-corrected chi connectivity index (χ2v) is 2.90. The van der Waals surface area contributed by atoms with Gasteiger partial charge in [0, 0.05) is 12.6 Å². The van der Waals surface area contributed by atoms with Crippen LogP contribution in [0.4, 0.5) is 5.82 Å². The molecule has 0 saturated heterocycles. The van der Waals surface area contributed by atoms with Crippen LogP contribution < -0.4 is 16.4 Å². The normalized spacial score (nSPS) is 9.73. The number of nitrogens with two attached hydrogens (primary N) is 2. The largest absolute Gasteiger partial charge is 0.370 e. The zero-order chi connectivity index (χ0) is 11.4. The van der Waals surface area contributed by atoms with Gasteiger partial charge in [-0.2, -0.15) is 4.99 Å². The Morgan fingerprint density at radius 3 is 2.73 bits per heavy atom. The van der Waals surface area contributed by atoms with E-state index < -0.39 is 0 Å². The van der Waals surface area contributed by atoms with Gasteiger partial charge in [-0.3, -0.25) is 10.3 Å². The van der Waals surface area contributed by atoms with Crippen molar-refractivity contribution in [3.63, 3.8) is 0 Å². The topological polar surface area (TPSA) is 118 Å². The third-order valence-corrected chi connectivity index (χ3v) is 1.70. The van der Waals surface area contributed by atoms with Gasteiger partial charge in [0.2, 0.25) is 5.96 Å². The van der Waals surface area contributed by atoms with Crippen LogP contribution in [-0.2, 0) is 0 Å². The van der Waals surface area contributed by atoms with Crippen LogP contribution in [0.1, 0.15) is 12.7 Å². The molecule has 0 spiro atoms. The first-order valence-electron chi connectivity index (χ1n) is 4.43. The highest BCUT2D eigenvalue weighted by atomic mass is 16.5. The lowest BCUT2D eigenvalue weighted by Crippen LogP contribution is -2.33. The Morgan fingerprint density at radius 1 is 1.67 bits per heavy atom. The van der Waals surface area contributed by atoms with Gasteiger partial charge in [-0.15, -0.1) is 0 Å². The molecule has 0 amide bonds. The molecule has 0 aliphatic heterocycles. The maximum absolute atomic E-state index is 7.62. The summed E-state index contributed by atoms with van der Waals surface area (Å²) in [5.74, 6) is 0.968. The summed E-state index contributed by atoms with van der Waals surface area (Å²) in [6.07, 6.45) is 0. The average molecular weight is 210 g/mol. The van der Waals surface area contributed by atoms with E-state index in [1.165, 1.54) is 4.90 Å². The maximum Gasteiger partial charge on any atom is 0.226 e. The van der Waals surface area contributed by atoms with Crippen molar-refractivity contribution in [1.82, 2.24) is 5.16 Å². The monoisotopic (exact) mass is 210 g/mol. The summed E-state index contributed by atoms with van der Waals surface area (Å²) < 4.78 is 4.90. The predicted molar refractivity (Wildman–Crippen MR) is 57.8 cm³/mol. The number of nitrogens with zero attached hydrogens (tertiary/aromatic N) is 3. The standard InChI is InChI=1S/C8H14N6O/c1-3-14(8(11)12-7(9)10)6-4-5(2)15-13-6/h4H,3H2,1-2H3,(H5,9,10,11,12). The number of aromatic nitrogens is 1. The second kappa shape index (κ2) is 4.45. The Kier molecular flexibility index (Phi) is 3.27. The Bertz CT molecular complexity index is 378. The molecule has 1 rings (SSSR count). The fraction of sp³-hybridized carbons (Fsp3) is 0.375. The molecule has 0 unspecified atom stereocenters. The Labute approximate surface area is 87.2 Å². The molecule has 7 nitrogen and oxygen atoms in total. The van der Waals surface area contributed by atoms with Crippen LogP contribution in [0.5, 0.6) is 0 Å². The summed E-state index contributed by atoms with van der Waals surface area (Å²) in [5.41, 5.74) is 10.4. The third-order valence-electron chi connectivity index (χ3n) is 1.70. The molecule has 1 heterocycles. The van der Waals surface area contributed by atoms with Crippen molar-refractivity contribution in [2.45, 2.75) is 13.8 Å². The zero-order valence-corrected chi connectivity index (χ0v) is 8.69. The summed E-state index contributed by atoms with van der Waals surface area (Å²) in [4.78, 5) is 5.16. The highest BCUT2D eigenvalue weighted by molar-refractivity contribution is 6.00. The van der Waals surface area contributed by atoms with Crippen LogP contribution in [0.2, 0.25) is 0 Å². The first kappa shape index (κ1) is 11.0. The molecule has 0 aliphatic carbocycles. The Hall–Kier alpha value is -2.05. The van der Waals surface area contributed by atoms with Gasteiger partial charge in [0.1, 0.15) is 5.76 Å². The lowest BCUT2D eigenvalue weighted by molar-refractivity contribution is 0.398. The zero-order valence-electron chi connectivity index (χ0n) is 8.69. The molecular weight excluding hydrogens is 196 g/mol. The van der Waals surface area contributed by atoms with E-state index in [0.29, 0.717) is 18.1 Å². The van der Waals surface area contributed by atoms with E-state index in [1.807, 2.05) is 6.92 Å². The lowest BCUT2D eigenvalue weighted by atomic mass is 10.4. The molecule has 15 heavy (non-hydrogen) atoms. The predicted octanol–water partition coefficient (Wildman–Crippen LogP) is 0.0175. The SMILES string of the molecule is CCN(C(=N)N=C(N)N)c1cc(C)on1. The minimum Gasteiger partial charge on any atom is -0.370 e. The smallest absolute Gasteiger partial charge is 0.226 e. The van der Waals surface area contributed by atoms with E-state index in [0.717, 1.165) is 0 Å². The van der Waals surface area contributed by atoms with Crippen molar-refractivity contribution >= 4 is 17.7 Å². The molecule has 0 radical (unpaired) electrons. The van der Waals surface area contributed by atoms with E-state index in [4.69, 9.17) is 21.4 Å². The lowest BCUT2D eigenvalue weighted by Gasteiger charge is -2.16. The number of guanidine groups is 2. The van der Waals surface area contributed by atoms with Gasteiger partial charge in [0.15, 0.2) is 11.8 Å². The Morgan fingerprint density at radius 2 is 2.33 bits per heavy atom. The van der Waals surface area contributed by atoms with Crippen LogP contribution in [0.3, 0.4) is 0 Å². The van der Waals surface area contributed by atoms with Gasteiger partial charge in [0.25, 0.3) is 0 Å². The first-order chi connectivity index (χ1) is 7.04. The fourth-order valence-electron chi connectivity index (χ4n) is 1.08. The molecular formula is C8H14N6O. The Balaban J connectivity index is 2.89. The molecule has 0 aromatic carbocycles. The summed E-state index contributed by atoms with van der Waals surface area (Å²) in [6, 6.07) is 1.71. The number of hydrogen-bond acceptors (Lipinski definition) is 3. The van der Waals surface area contributed by atoms with Crippen LogP contribution in [0.25, 0.3) is 0 Å². The number of anilines is 1. The van der Waals surface area contributed by atoms with E-state index >= 15 is 0 Å². The van der Waals surface area contributed by atoms with Crippen LogP contribution >= 0.6 is 0 Å². The van der Waals surface area contributed by atoms with Crippen molar-refractivity contribution in [3.8, 4) is 0 Å². The number of aryl methyl sites for hydroxylation is 1. The van der Waals surface area contributed by atoms with Gasteiger partial charge >= 0.3 is 0 Å². The first-order valence-corrected chi connectivity index (χ1v) is 4.43. The quantitative estimate of drug-likeness (QED) is 0.469. The number of nitrogens with one attached hydrogen (secondary N) is 1. The van der Waals surface area contributed by atoms with Gasteiger partial charge in [0.05, 0.1) is 0 Å². The third kappa shape index (κ3) is 2.70. The summed E-state index contributed by atoms with van der Waals surface area (Å²) in [6.45, 7) is 4.16. The highest BCUT2D eigenvalue weighted by Gasteiger charge is 2.13. The molecule has 7 heteroatoms. The molecule has 0 bridgehead atoms. The van der Waals surface area contributed by atoms with Crippen molar-refractivity contribution in [2.24, 2.45) is 16.5 Å². The number of hydrogen-bond donors (Lipinski definition) is 3. The second-order valence-electron chi connectivity index (χ2n) is 2.90. The van der Waals surface area contributed by atoms with Gasteiger partial charge in [-0.1, -0.05) is 5.16 Å². The molecule has 1 aromatic heterocycles. The molecule has 1 aromatic rings. The van der Waals surface area contributed by atoms with Crippen LogP contribution in [0.15, 0.2) is 15.6 Å². The highest BCUT2D eigenvalue weighted by Crippen LogP contribution is 2.13.